The Labute approximate surface area is 158 Å². The second-order valence-corrected chi connectivity index (χ2v) is 6.60. The lowest BCUT2D eigenvalue weighted by molar-refractivity contribution is -0.139. The van der Waals surface area contributed by atoms with Crippen LogP contribution in [0.25, 0.3) is 5.57 Å². The average molecular weight is 412 g/mol. The van der Waals surface area contributed by atoms with Crippen molar-refractivity contribution in [1.29, 1.82) is 0 Å². The molecule has 0 saturated carbocycles. The van der Waals surface area contributed by atoms with Gasteiger partial charge in [0, 0.05) is 6.04 Å². The predicted molar refractivity (Wildman–Crippen MR) is 92.8 cm³/mol. The smallest absolute Gasteiger partial charge is 0.343 e. The van der Waals surface area contributed by atoms with Crippen LogP contribution in [0.2, 0.25) is 0 Å². The summed E-state index contributed by atoms with van der Waals surface area (Å²) in [5.41, 5.74) is 0.637. The van der Waals surface area contributed by atoms with Crippen LogP contribution in [0.4, 0.5) is 38.2 Å². The van der Waals surface area contributed by atoms with Gasteiger partial charge in [0.2, 0.25) is 11.9 Å². The summed E-state index contributed by atoms with van der Waals surface area (Å²) in [4.78, 5) is 11.7. The zero-order valence-corrected chi connectivity index (χ0v) is 15.5. The third-order valence-corrected chi connectivity index (χ3v) is 4.33. The van der Waals surface area contributed by atoms with Crippen molar-refractivity contribution in [2.75, 3.05) is 17.7 Å². The first-order valence-electron chi connectivity index (χ1n) is 8.71. The Bertz CT molecular complexity index is 662. The minimum absolute atomic E-state index is 0.0246. The van der Waals surface area contributed by atoms with E-state index in [9.17, 15) is 26.3 Å². The largest absolute Gasteiger partial charge is 0.408 e. The fourth-order valence-electron chi connectivity index (χ4n) is 2.54. The molecule has 0 amide bonds. The third kappa shape index (κ3) is 5.94. The van der Waals surface area contributed by atoms with E-state index in [1.807, 2.05) is 6.08 Å². The Kier molecular flexibility index (Phi) is 6.73. The van der Waals surface area contributed by atoms with Crippen molar-refractivity contribution in [1.82, 2.24) is 20.3 Å². The van der Waals surface area contributed by atoms with Crippen molar-refractivity contribution < 1.29 is 26.3 Å². The van der Waals surface area contributed by atoms with Crippen molar-refractivity contribution in [2.24, 2.45) is 0 Å². The van der Waals surface area contributed by atoms with Gasteiger partial charge in [0.1, 0.15) is 12.1 Å². The van der Waals surface area contributed by atoms with Gasteiger partial charge in [-0.2, -0.15) is 41.3 Å². The summed E-state index contributed by atoms with van der Waals surface area (Å²) < 4.78 is 77.0. The lowest BCUT2D eigenvalue weighted by Gasteiger charge is -2.22. The molecule has 3 atom stereocenters. The van der Waals surface area contributed by atoms with Crippen molar-refractivity contribution in [3.8, 4) is 0 Å². The number of aromatic nitrogens is 3. The molecule has 1 heterocycles. The summed E-state index contributed by atoms with van der Waals surface area (Å²) in [7, 11) is 1.76. The second-order valence-electron chi connectivity index (χ2n) is 6.60. The standard InChI is InChI=1S/C16H22F6N6/c1-8(15(17,18)19)24-13-26-12(10-5-4-6-11(7-10)23-3)27-14(28-13)25-9(2)16(20,21)22/h7-9,11,23H,4-6H2,1-3H3,(H2,24,25,26,27,28)/t8-,9-,11?/m1/s1. The summed E-state index contributed by atoms with van der Waals surface area (Å²) in [5, 5.41) is 7.24. The number of rotatable bonds is 6. The van der Waals surface area contributed by atoms with E-state index >= 15 is 0 Å². The molecule has 1 aromatic heterocycles. The summed E-state index contributed by atoms with van der Waals surface area (Å²) >= 11 is 0. The molecule has 0 saturated heterocycles. The van der Waals surface area contributed by atoms with Crippen LogP contribution >= 0.6 is 0 Å². The summed E-state index contributed by atoms with van der Waals surface area (Å²) in [6.07, 6.45) is -5.11. The van der Waals surface area contributed by atoms with Crippen LogP contribution in [0.3, 0.4) is 0 Å². The number of anilines is 2. The van der Waals surface area contributed by atoms with Crippen LogP contribution in [0.1, 0.15) is 38.9 Å². The van der Waals surface area contributed by atoms with Crippen LogP contribution in [0.15, 0.2) is 6.08 Å². The Morgan fingerprint density at radius 3 is 1.86 bits per heavy atom. The number of halogens is 6. The molecule has 1 aliphatic rings. The molecule has 0 bridgehead atoms. The molecular formula is C16H22F6N6. The average Bonchev–Trinajstić information content (AvgIpc) is 2.60. The van der Waals surface area contributed by atoms with E-state index in [2.05, 4.69) is 30.9 Å². The molecule has 0 fully saturated rings. The summed E-state index contributed by atoms with van der Waals surface area (Å²) in [6.45, 7) is 1.73. The number of likely N-dealkylation sites (N-methyl/N-ethyl adjacent to an activating group) is 1. The SMILES string of the molecule is CNC1C=C(c2nc(N[C@H](C)C(F)(F)F)nc(N[C@H](C)C(F)(F)F)n2)CCC1. The molecule has 6 nitrogen and oxygen atoms in total. The number of hydrogen-bond acceptors (Lipinski definition) is 6. The highest BCUT2D eigenvalue weighted by molar-refractivity contribution is 5.63. The number of alkyl halides is 6. The number of nitrogens with zero attached hydrogens (tertiary/aromatic N) is 3. The van der Waals surface area contributed by atoms with E-state index in [0.29, 0.717) is 12.0 Å². The van der Waals surface area contributed by atoms with Crippen molar-refractivity contribution in [3.05, 3.63) is 11.9 Å². The van der Waals surface area contributed by atoms with Gasteiger partial charge in [-0.15, -0.1) is 0 Å². The summed E-state index contributed by atoms with van der Waals surface area (Å²) in [5.74, 6) is -0.845. The molecule has 1 aromatic rings. The van der Waals surface area contributed by atoms with Gasteiger partial charge in [0.05, 0.1) is 0 Å². The molecule has 3 N–H and O–H groups in total. The highest BCUT2D eigenvalue weighted by atomic mass is 19.4. The van der Waals surface area contributed by atoms with Crippen molar-refractivity contribution >= 4 is 17.5 Å². The van der Waals surface area contributed by atoms with Gasteiger partial charge in [0.25, 0.3) is 0 Å². The lowest BCUT2D eigenvalue weighted by atomic mass is 9.95. The van der Waals surface area contributed by atoms with Gasteiger partial charge in [-0.25, -0.2) is 0 Å². The van der Waals surface area contributed by atoms with E-state index in [4.69, 9.17) is 0 Å². The molecule has 28 heavy (non-hydrogen) atoms. The zero-order chi connectivity index (χ0) is 21.1. The molecule has 0 aliphatic heterocycles. The molecule has 0 aromatic carbocycles. The first-order chi connectivity index (χ1) is 12.9. The van der Waals surface area contributed by atoms with Crippen LogP contribution < -0.4 is 16.0 Å². The van der Waals surface area contributed by atoms with E-state index < -0.39 is 36.3 Å². The second kappa shape index (κ2) is 8.50. The maximum Gasteiger partial charge on any atom is 0.408 e. The fourth-order valence-corrected chi connectivity index (χ4v) is 2.54. The van der Waals surface area contributed by atoms with Crippen LogP contribution in [0, 0.1) is 0 Å². The normalized spacial score (nSPS) is 20.3. The highest BCUT2D eigenvalue weighted by Crippen LogP contribution is 2.28. The molecule has 1 aliphatic carbocycles. The van der Waals surface area contributed by atoms with Gasteiger partial charge in [-0.3, -0.25) is 0 Å². The quantitative estimate of drug-likeness (QED) is 0.618. The maximum absolute atomic E-state index is 12.8. The molecule has 2 rings (SSSR count). The van der Waals surface area contributed by atoms with E-state index in [1.54, 1.807) is 7.05 Å². The monoisotopic (exact) mass is 412 g/mol. The van der Waals surface area contributed by atoms with Gasteiger partial charge >= 0.3 is 12.4 Å². The van der Waals surface area contributed by atoms with Crippen LogP contribution in [-0.2, 0) is 0 Å². The number of nitrogens with one attached hydrogen (secondary N) is 3. The molecule has 158 valence electrons. The highest BCUT2D eigenvalue weighted by Gasteiger charge is 2.38. The fraction of sp³-hybridized carbons (Fsp3) is 0.688. The lowest BCUT2D eigenvalue weighted by Crippen LogP contribution is -2.35. The predicted octanol–water partition coefficient (Wildman–Crippen LogP) is 3.75. The minimum Gasteiger partial charge on any atom is -0.343 e. The van der Waals surface area contributed by atoms with Gasteiger partial charge in [0.15, 0.2) is 5.82 Å². The third-order valence-electron chi connectivity index (χ3n) is 4.33. The molecule has 1 unspecified atom stereocenters. The van der Waals surface area contributed by atoms with Gasteiger partial charge in [-0.05, 0) is 45.7 Å². The minimum atomic E-state index is -4.57. The number of hydrogen-bond donors (Lipinski definition) is 3. The van der Waals surface area contributed by atoms with Gasteiger partial charge in [-0.1, -0.05) is 6.08 Å². The molecule has 0 spiro atoms. The van der Waals surface area contributed by atoms with Crippen LogP contribution in [0.5, 0.6) is 0 Å². The zero-order valence-electron chi connectivity index (χ0n) is 15.5. The molecular weight excluding hydrogens is 390 g/mol. The Morgan fingerprint density at radius 1 is 0.929 bits per heavy atom. The van der Waals surface area contributed by atoms with Gasteiger partial charge < -0.3 is 16.0 Å². The van der Waals surface area contributed by atoms with Crippen LogP contribution in [-0.4, -0.2) is 52.5 Å². The Morgan fingerprint density at radius 2 is 1.43 bits per heavy atom. The topological polar surface area (TPSA) is 74.8 Å². The molecule has 12 heteroatoms. The van der Waals surface area contributed by atoms with E-state index in [0.717, 1.165) is 26.7 Å². The first kappa shape index (κ1) is 22.2. The summed E-state index contributed by atoms with van der Waals surface area (Å²) in [6, 6.07) is -3.95. The molecule has 0 radical (unpaired) electrons. The first-order valence-corrected chi connectivity index (χ1v) is 8.71. The van der Waals surface area contributed by atoms with E-state index in [-0.39, 0.29) is 11.9 Å². The van der Waals surface area contributed by atoms with Crippen molar-refractivity contribution in [3.63, 3.8) is 0 Å². The van der Waals surface area contributed by atoms with E-state index in [1.165, 1.54) is 0 Å². The maximum atomic E-state index is 12.8. The van der Waals surface area contributed by atoms with Crippen molar-refractivity contribution in [2.45, 2.75) is 63.6 Å². The Balaban J connectivity index is 2.39. The number of allylic oxidation sites excluding steroid dienone is 1. The Hall–Kier alpha value is -2.11.